The summed E-state index contributed by atoms with van der Waals surface area (Å²) < 4.78 is 20.8. The zero-order valence-electron chi connectivity index (χ0n) is 12.4. The molecular formula is C15H13N3O5. The Morgan fingerprint density at radius 3 is 2.74 bits per heavy atom. The number of methoxy groups -OCH3 is 2. The monoisotopic (exact) mass is 315 g/mol. The fourth-order valence-electron chi connectivity index (χ4n) is 1.92. The SMILES string of the molecule is COc1ccc(-c2nnc(NC(=O)c3ccco3)o2)c(OC)c1. The Bertz CT molecular complexity index is 810. The molecule has 0 aliphatic heterocycles. The van der Waals surface area contributed by atoms with Crippen LogP contribution >= 0.6 is 0 Å². The molecule has 0 atom stereocenters. The van der Waals surface area contributed by atoms with Crippen molar-refractivity contribution >= 4 is 11.9 Å². The molecule has 1 amide bonds. The van der Waals surface area contributed by atoms with Crippen molar-refractivity contribution in [2.75, 3.05) is 19.5 Å². The molecule has 8 nitrogen and oxygen atoms in total. The molecule has 0 unspecified atom stereocenters. The number of hydrogen-bond acceptors (Lipinski definition) is 7. The number of carbonyl (C=O) groups is 1. The van der Waals surface area contributed by atoms with Crippen molar-refractivity contribution < 1.29 is 23.1 Å². The van der Waals surface area contributed by atoms with Gasteiger partial charge in [-0.3, -0.25) is 10.1 Å². The molecule has 8 heteroatoms. The van der Waals surface area contributed by atoms with Crippen molar-refractivity contribution in [2.24, 2.45) is 0 Å². The summed E-state index contributed by atoms with van der Waals surface area (Å²) in [6.07, 6.45) is 1.40. The first-order valence-electron chi connectivity index (χ1n) is 6.62. The van der Waals surface area contributed by atoms with E-state index in [2.05, 4.69) is 15.5 Å². The maximum atomic E-state index is 11.9. The molecule has 0 fully saturated rings. The summed E-state index contributed by atoms with van der Waals surface area (Å²) in [4.78, 5) is 11.9. The van der Waals surface area contributed by atoms with Gasteiger partial charge in [-0.25, -0.2) is 0 Å². The van der Waals surface area contributed by atoms with Crippen molar-refractivity contribution in [3.8, 4) is 23.0 Å². The largest absolute Gasteiger partial charge is 0.497 e. The predicted molar refractivity (Wildman–Crippen MR) is 79.5 cm³/mol. The smallest absolute Gasteiger partial charge is 0.322 e. The Morgan fingerprint density at radius 1 is 1.17 bits per heavy atom. The number of aromatic nitrogens is 2. The van der Waals surface area contributed by atoms with E-state index < -0.39 is 5.91 Å². The molecule has 0 spiro atoms. The molecule has 0 saturated heterocycles. The van der Waals surface area contributed by atoms with Crippen molar-refractivity contribution in [1.82, 2.24) is 10.2 Å². The van der Waals surface area contributed by atoms with Gasteiger partial charge in [-0.2, -0.15) is 0 Å². The van der Waals surface area contributed by atoms with E-state index in [9.17, 15) is 4.79 Å². The molecule has 2 heterocycles. The number of nitrogens with zero attached hydrogens (tertiary/aromatic N) is 2. The maximum Gasteiger partial charge on any atom is 0.322 e. The van der Waals surface area contributed by atoms with E-state index in [0.717, 1.165) is 0 Å². The number of furan rings is 1. The number of hydrogen-bond donors (Lipinski definition) is 1. The second kappa shape index (κ2) is 6.22. The van der Waals surface area contributed by atoms with Gasteiger partial charge in [-0.05, 0) is 24.3 Å². The van der Waals surface area contributed by atoms with Crippen LogP contribution in [-0.4, -0.2) is 30.3 Å². The number of benzene rings is 1. The Labute approximate surface area is 131 Å². The Kier molecular flexibility index (Phi) is 3.96. The molecule has 1 aromatic carbocycles. The number of rotatable bonds is 5. The first kappa shape index (κ1) is 14.6. The van der Waals surface area contributed by atoms with Crippen LogP contribution in [0.2, 0.25) is 0 Å². The minimum atomic E-state index is -0.480. The van der Waals surface area contributed by atoms with Gasteiger partial charge in [0.05, 0.1) is 26.0 Å². The summed E-state index contributed by atoms with van der Waals surface area (Å²) in [6, 6.07) is 8.25. The number of amides is 1. The van der Waals surface area contributed by atoms with Gasteiger partial charge in [0, 0.05) is 6.07 Å². The van der Waals surface area contributed by atoms with Gasteiger partial charge in [0.15, 0.2) is 5.76 Å². The zero-order chi connectivity index (χ0) is 16.2. The second-order valence-corrected chi connectivity index (χ2v) is 4.41. The van der Waals surface area contributed by atoms with Crippen molar-refractivity contribution in [2.45, 2.75) is 0 Å². The Hall–Kier alpha value is -3.29. The predicted octanol–water partition coefficient (Wildman–Crippen LogP) is 2.60. The Balaban J connectivity index is 1.83. The van der Waals surface area contributed by atoms with E-state index in [4.69, 9.17) is 18.3 Å². The maximum absolute atomic E-state index is 11.9. The lowest BCUT2D eigenvalue weighted by Crippen LogP contribution is -2.10. The molecule has 0 saturated carbocycles. The summed E-state index contributed by atoms with van der Waals surface area (Å²) in [7, 11) is 3.08. The summed E-state index contributed by atoms with van der Waals surface area (Å²) in [5.74, 6) is 1.02. The van der Waals surface area contributed by atoms with Crippen LogP contribution in [0.5, 0.6) is 11.5 Å². The quantitative estimate of drug-likeness (QED) is 0.772. The molecule has 0 radical (unpaired) electrons. The van der Waals surface area contributed by atoms with Crippen LogP contribution in [0, 0.1) is 0 Å². The minimum absolute atomic E-state index is 0.0423. The first-order valence-corrected chi connectivity index (χ1v) is 6.62. The lowest BCUT2D eigenvalue weighted by atomic mass is 10.2. The minimum Gasteiger partial charge on any atom is -0.497 e. The molecule has 2 aromatic heterocycles. The number of carbonyl (C=O) groups excluding carboxylic acids is 1. The van der Waals surface area contributed by atoms with Crippen LogP contribution in [0.3, 0.4) is 0 Å². The molecule has 3 aromatic rings. The lowest BCUT2D eigenvalue weighted by molar-refractivity contribution is 0.0994. The third kappa shape index (κ3) is 3.00. The summed E-state index contributed by atoms with van der Waals surface area (Å²) in [5, 5.41) is 10.1. The number of ether oxygens (including phenoxy) is 2. The van der Waals surface area contributed by atoms with Crippen molar-refractivity contribution in [1.29, 1.82) is 0 Å². The average Bonchev–Trinajstić information content (AvgIpc) is 3.26. The van der Waals surface area contributed by atoms with E-state index in [1.165, 1.54) is 19.4 Å². The van der Waals surface area contributed by atoms with Gasteiger partial charge in [0.2, 0.25) is 0 Å². The highest BCUT2D eigenvalue weighted by Gasteiger charge is 2.17. The molecule has 0 bridgehead atoms. The van der Waals surface area contributed by atoms with E-state index in [-0.39, 0.29) is 17.7 Å². The van der Waals surface area contributed by atoms with Gasteiger partial charge in [-0.15, -0.1) is 5.10 Å². The van der Waals surface area contributed by atoms with Gasteiger partial charge < -0.3 is 18.3 Å². The lowest BCUT2D eigenvalue weighted by Gasteiger charge is -2.07. The zero-order valence-corrected chi connectivity index (χ0v) is 12.4. The van der Waals surface area contributed by atoms with Crippen LogP contribution in [-0.2, 0) is 0 Å². The first-order chi connectivity index (χ1) is 11.2. The van der Waals surface area contributed by atoms with Crippen LogP contribution < -0.4 is 14.8 Å². The fraction of sp³-hybridized carbons (Fsp3) is 0.133. The van der Waals surface area contributed by atoms with Crippen molar-refractivity contribution in [3.05, 3.63) is 42.4 Å². The van der Waals surface area contributed by atoms with Crippen molar-refractivity contribution in [3.63, 3.8) is 0 Å². The van der Waals surface area contributed by atoms with Crippen LogP contribution in [0.15, 0.2) is 45.4 Å². The van der Waals surface area contributed by atoms with Gasteiger partial charge in [0.25, 0.3) is 11.8 Å². The van der Waals surface area contributed by atoms with E-state index in [0.29, 0.717) is 17.1 Å². The second-order valence-electron chi connectivity index (χ2n) is 4.41. The molecule has 23 heavy (non-hydrogen) atoms. The standard InChI is InChI=1S/C15H13N3O5/c1-20-9-5-6-10(12(8-9)21-2)14-17-18-15(23-14)16-13(19)11-4-3-7-22-11/h3-8H,1-2H3,(H,16,18,19). The Morgan fingerprint density at radius 2 is 2.04 bits per heavy atom. The summed E-state index contributed by atoms with van der Waals surface area (Å²) in [6.45, 7) is 0. The average molecular weight is 315 g/mol. The van der Waals surface area contributed by atoms with Gasteiger partial charge >= 0.3 is 6.01 Å². The molecule has 0 aliphatic carbocycles. The molecule has 0 aliphatic rings. The van der Waals surface area contributed by atoms with Crippen LogP contribution in [0.4, 0.5) is 6.01 Å². The van der Waals surface area contributed by atoms with E-state index in [1.54, 1.807) is 31.4 Å². The van der Waals surface area contributed by atoms with E-state index >= 15 is 0 Å². The third-order valence-electron chi connectivity index (χ3n) is 3.03. The van der Waals surface area contributed by atoms with Gasteiger partial charge in [-0.1, -0.05) is 5.10 Å². The molecule has 3 rings (SSSR count). The fourth-order valence-corrected chi connectivity index (χ4v) is 1.92. The number of nitrogens with one attached hydrogen (secondary N) is 1. The molecule has 118 valence electrons. The highest BCUT2D eigenvalue weighted by molar-refractivity contribution is 6.00. The topological polar surface area (TPSA) is 99.6 Å². The van der Waals surface area contributed by atoms with E-state index in [1.807, 2.05) is 0 Å². The normalized spacial score (nSPS) is 10.3. The molecular weight excluding hydrogens is 302 g/mol. The third-order valence-corrected chi connectivity index (χ3v) is 3.03. The summed E-state index contributed by atoms with van der Waals surface area (Å²) >= 11 is 0. The highest BCUT2D eigenvalue weighted by atomic mass is 16.5. The number of anilines is 1. The van der Waals surface area contributed by atoms with Gasteiger partial charge in [0.1, 0.15) is 11.5 Å². The summed E-state index contributed by atoms with van der Waals surface area (Å²) in [5.41, 5.74) is 0.583. The van der Waals surface area contributed by atoms with Crippen LogP contribution in [0.1, 0.15) is 10.6 Å². The highest BCUT2D eigenvalue weighted by Crippen LogP contribution is 2.33. The molecule has 1 N–H and O–H groups in total. The van der Waals surface area contributed by atoms with Crippen LogP contribution in [0.25, 0.3) is 11.5 Å².